The highest BCUT2D eigenvalue weighted by molar-refractivity contribution is 7.90. The fraction of sp³-hybridized carbons (Fsp3) is 0.333. The average molecular weight is 337 g/mol. The zero-order valence-corrected chi connectivity index (χ0v) is 12.7. The summed E-state index contributed by atoms with van der Waals surface area (Å²) in [7, 11) is -3.35. The molecule has 0 aliphatic carbocycles. The van der Waals surface area contributed by atoms with E-state index in [-0.39, 0.29) is 18.8 Å². The Morgan fingerprint density at radius 2 is 2.35 bits per heavy atom. The summed E-state index contributed by atoms with van der Waals surface area (Å²) in [5, 5.41) is 13.7. The van der Waals surface area contributed by atoms with E-state index in [2.05, 4.69) is 14.4 Å². The van der Waals surface area contributed by atoms with E-state index in [9.17, 15) is 17.8 Å². The minimum atomic E-state index is -3.35. The summed E-state index contributed by atoms with van der Waals surface area (Å²) < 4.78 is 40.2. The summed E-state index contributed by atoms with van der Waals surface area (Å²) in [5.74, 6) is -0.958. The first-order valence-electron chi connectivity index (χ1n) is 5.29. The van der Waals surface area contributed by atoms with Gasteiger partial charge in [-0.2, -0.15) is 0 Å². The van der Waals surface area contributed by atoms with Gasteiger partial charge < -0.3 is 15.0 Å². The molecule has 8 nitrogen and oxygen atoms in total. The zero-order chi connectivity index (χ0) is 14.9. The van der Waals surface area contributed by atoms with Gasteiger partial charge in [-0.15, -0.1) is 11.3 Å². The molecule has 0 radical (unpaired) electrons. The molecular weight excluding hydrogens is 326 g/mol. The van der Waals surface area contributed by atoms with Crippen LogP contribution in [0, 0.1) is 0 Å². The molecule has 0 saturated heterocycles. The summed E-state index contributed by atoms with van der Waals surface area (Å²) >= 11 is -0.508. The number of anilines is 1. The minimum absolute atomic E-state index is 0.0157. The van der Waals surface area contributed by atoms with Crippen molar-refractivity contribution in [3.63, 3.8) is 0 Å². The second-order valence-electron chi connectivity index (χ2n) is 4.00. The first kappa shape index (κ1) is 15.3. The molecule has 1 atom stereocenters. The molecule has 0 amide bonds. The number of hydrogen-bond acceptors (Lipinski definition) is 7. The Morgan fingerprint density at radius 1 is 1.65 bits per heavy atom. The van der Waals surface area contributed by atoms with Crippen molar-refractivity contribution in [2.75, 3.05) is 11.6 Å². The lowest BCUT2D eigenvalue weighted by molar-refractivity contribution is -0.135. The van der Waals surface area contributed by atoms with Crippen molar-refractivity contribution in [3.05, 3.63) is 10.9 Å². The smallest absolute Gasteiger partial charge is 0.311 e. The Morgan fingerprint density at radius 3 is 2.95 bits per heavy atom. The molecule has 11 heteroatoms. The normalized spacial score (nSPS) is 18.1. The van der Waals surface area contributed by atoms with Crippen LogP contribution in [0.1, 0.15) is 12.0 Å². The summed E-state index contributed by atoms with van der Waals surface area (Å²) in [4.78, 5) is 11.0. The van der Waals surface area contributed by atoms with E-state index < -0.39 is 27.4 Å². The fourth-order valence-corrected chi connectivity index (χ4v) is 4.20. The van der Waals surface area contributed by atoms with Gasteiger partial charge in [0.1, 0.15) is 17.8 Å². The Hall–Kier alpha value is -1.14. The molecule has 1 aromatic heterocycles. The van der Waals surface area contributed by atoms with E-state index in [0.29, 0.717) is 15.5 Å². The summed E-state index contributed by atoms with van der Waals surface area (Å²) in [6.45, 7) is 0.0157. The number of sulfonamides is 1. The number of hydrogen-bond donors (Lipinski definition) is 3. The van der Waals surface area contributed by atoms with E-state index in [0.717, 1.165) is 6.26 Å². The van der Waals surface area contributed by atoms with Crippen LogP contribution in [-0.2, 0) is 32.7 Å². The van der Waals surface area contributed by atoms with Crippen LogP contribution in [0.25, 0.3) is 0 Å². The Labute approximate surface area is 122 Å². The van der Waals surface area contributed by atoms with Crippen LogP contribution in [0.4, 0.5) is 5.00 Å². The van der Waals surface area contributed by atoms with Gasteiger partial charge in [0.05, 0.1) is 6.26 Å². The largest absolute Gasteiger partial charge is 0.586 e. The summed E-state index contributed by atoms with van der Waals surface area (Å²) in [5.41, 5.74) is 0.555. The second-order valence-corrected chi connectivity index (χ2v) is 7.80. The Balaban J connectivity index is 2.19. The molecule has 110 valence electrons. The molecule has 0 bridgehead atoms. The van der Waals surface area contributed by atoms with E-state index >= 15 is 0 Å². The number of carboxylic acid groups (broad SMARTS) is 1. The predicted molar refractivity (Wildman–Crippen MR) is 75.7 cm³/mol. The molecule has 20 heavy (non-hydrogen) atoms. The van der Waals surface area contributed by atoms with E-state index in [1.54, 1.807) is 5.38 Å². The predicted octanol–water partition coefficient (Wildman–Crippen LogP) is 0.119. The number of fused-ring (bicyclic) bond motifs is 1. The number of carboxylic acids is 1. The SMILES string of the molecule is CS(=O)(=O)NCc1csc2c1[S+]([O-])N=C(CC(=O)O)N2. The van der Waals surface area contributed by atoms with Crippen LogP contribution < -0.4 is 10.0 Å². The number of carbonyl (C=O) groups is 1. The first-order valence-corrected chi connectivity index (χ1v) is 9.17. The second kappa shape index (κ2) is 5.69. The monoisotopic (exact) mass is 337 g/mol. The van der Waals surface area contributed by atoms with Crippen LogP contribution in [0.5, 0.6) is 0 Å². The van der Waals surface area contributed by atoms with Crippen molar-refractivity contribution in [2.45, 2.75) is 17.9 Å². The molecule has 2 rings (SSSR count). The molecule has 0 saturated carbocycles. The average Bonchev–Trinajstić information content (AvgIpc) is 2.68. The molecule has 1 aliphatic heterocycles. The fourth-order valence-electron chi connectivity index (χ4n) is 1.51. The lowest BCUT2D eigenvalue weighted by Gasteiger charge is -2.15. The van der Waals surface area contributed by atoms with Gasteiger partial charge in [0, 0.05) is 17.5 Å². The highest BCUT2D eigenvalue weighted by Crippen LogP contribution is 2.36. The summed E-state index contributed by atoms with van der Waals surface area (Å²) in [6.07, 6.45) is 0.685. The maximum Gasteiger partial charge on any atom is 0.311 e. The lowest BCUT2D eigenvalue weighted by Crippen LogP contribution is -2.25. The van der Waals surface area contributed by atoms with Gasteiger partial charge in [-0.3, -0.25) is 4.79 Å². The van der Waals surface area contributed by atoms with Crippen molar-refractivity contribution in [1.29, 1.82) is 0 Å². The van der Waals surface area contributed by atoms with Gasteiger partial charge in [0.2, 0.25) is 14.9 Å². The number of thiophene rings is 1. The molecule has 0 aromatic carbocycles. The third kappa shape index (κ3) is 3.70. The van der Waals surface area contributed by atoms with Gasteiger partial charge in [0.15, 0.2) is 10.8 Å². The standard InChI is InChI=1S/C9H11N3O5S3/c1-20(16,17)10-3-5-4-18-9-8(5)19(15)12-6(11-9)2-7(13)14/h4,10H,2-3H2,1H3,(H,11,12)(H,13,14). The van der Waals surface area contributed by atoms with Gasteiger partial charge in [-0.25, -0.2) is 13.1 Å². The third-order valence-electron chi connectivity index (χ3n) is 2.29. The van der Waals surface area contributed by atoms with Crippen molar-refractivity contribution in [1.82, 2.24) is 4.72 Å². The van der Waals surface area contributed by atoms with E-state index in [4.69, 9.17) is 5.11 Å². The Bertz CT molecular complexity index is 666. The number of nitrogens with one attached hydrogen (secondary N) is 2. The van der Waals surface area contributed by atoms with Crippen molar-refractivity contribution in [3.8, 4) is 0 Å². The minimum Gasteiger partial charge on any atom is -0.586 e. The van der Waals surface area contributed by atoms with Gasteiger partial charge in [0.25, 0.3) is 0 Å². The van der Waals surface area contributed by atoms with E-state index in [1.165, 1.54) is 11.3 Å². The van der Waals surface area contributed by atoms with Crippen LogP contribution in [0.2, 0.25) is 0 Å². The zero-order valence-electron chi connectivity index (χ0n) is 10.2. The van der Waals surface area contributed by atoms with Gasteiger partial charge >= 0.3 is 5.97 Å². The van der Waals surface area contributed by atoms with Gasteiger partial charge in [-0.1, -0.05) is 0 Å². The first-order chi connectivity index (χ1) is 9.26. The molecule has 0 spiro atoms. The highest BCUT2D eigenvalue weighted by atomic mass is 32.2. The van der Waals surface area contributed by atoms with Gasteiger partial charge in [-0.05, 0) is 4.40 Å². The van der Waals surface area contributed by atoms with Crippen molar-refractivity contribution < 1.29 is 22.9 Å². The maximum atomic E-state index is 12.0. The molecule has 0 fully saturated rings. The van der Waals surface area contributed by atoms with Crippen molar-refractivity contribution >= 4 is 49.5 Å². The van der Waals surface area contributed by atoms with Crippen LogP contribution in [0.3, 0.4) is 0 Å². The molecule has 2 heterocycles. The van der Waals surface area contributed by atoms with Crippen molar-refractivity contribution in [2.24, 2.45) is 4.40 Å². The molecule has 1 aliphatic rings. The third-order valence-corrected chi connectivity index (χ3v) is 5.23. The molecule has 1 aromatic rings. The quantitative estimate of drug-likeness (QED) is 0.654. The highest BCUT2D eigenvalue weighted by Gasteiger charge is 2.31. The number of rotatable bonds is 5. The van der Waals surface area contributed by atoms with Crippen LogP contribution in [0.15, 0.2) is 14.7 Å². The Kier molecular flexibility index (Phi) is 4.34. The number of aliphatic carboxylic acids is 1. The van der Waals surface area contributed by atoms with Crippen LogP contribution >= 0.6 is 11.3 Å². The number of nitrogens with zero attached hydrogens (tertiary/aromatic N) is 1. The summed E-state index contributed by atoms with van der Waals surface area (Å²) in [6, 6.07) is 0. The van der Waals surface area contributed by atoms with Crippen LogP contribution in [-0.4, -0.2) is 36.1 Å². The van der Waals surface area contributed by atoms with E-state index in [1.807, 2.05) is 0 Å². The molecule has 3 N–H and O–H groups in total. The molecule has 1 unspecified atom stereocenters. The number of amidine groups is 1. The lowest BCUT2D eigenvalue weighted by atomic mass is 10.3. The topological polar surface area (TPSA) is 131 Å². The maximum absolute atomic E-state index is 12.0. The molecular formula is C9H11N3O5S3.